The molecular formula is C22H21ClN2O4. The molecule has 2 amide bonds. The van der Waals surface area contributed by atoms with E-state index in [0.717, 1.165) is 12.0 Å². The minimum Gasteiger partial charge on any atom is -0.488 e. The lowest BCUT2D eigenvalue weighted by molar-refractivity contribution is -0.128. The third-order valence-electron chi connectivity index (χ3n) is 4.82. The highest BCUT2D eigenvalue weighted by Crippen LogP contribution is 2.35. The summed E-state index contributed by atoms with van der Waals surface area (Å²) in [5.74, 6) is 0.736. The van der Waals surface area contributed by atoms with Gasteiger partial charge in [-0.25, -0.2) is 0 Å². The number of ether oxygens (including phenoxy) is 2. The zero-order chi connectivity index (χ0) is 20.4. The maximum Gasteiger partial charge on any atom is 0.262 e. The number of carbonyl (C=O) groups excluding carboxylic acids is 2. The van der Waals surface area contributed by atoms with Crippen LogP contribution < -0.4 is 19.7 Å². The molecular weight excluding hydrogens is 392 g/mol. The fraction of sp³-hybridized carbons (Fsp3) is 0.273. The summed E-state index contributed by atoms with van der Waals surface area (Å²) in [4.78, 5) is 27.4. The molecule has 0 aliphatic carbocycles. The third kappa shape index (κ3) is 3.93. The number of para-hydroxylation sites is 2. The first kappa shape index (κ1) is 19.3. The van der Waals surface area contributed by atoms with E-state index in [2.05, 4.69) is 5.32 Å². The molecule has 0 aromatic heterocycles. The van der Waals surface area contributed by atoms with Crippen LogP contribution in [-0.2, 0) is 9.59 Å². The normalized spacial score (nSPS) is 17.2. The van der Waals surface area contributed by atoms with Crippen molar-refractivity contribution in [1.82, 2.24) is 5.32 Å². The molecule has 2 heterocycles. The van der Waals surface area contributed by atoms with Crippen molar-refractivity contribution in [2.24, 2.45) is 0 Å². The molecule has 0 saturated carbocycles. The minimum absolute atomic E-state index is 0.130. The van der Waals surface area contributed by atoms with E-state index in [1.807, 2.05) is 25.1 Å². The largest absolute Gasteiger partial charge is 0.488 e. The van der Waals surface area contributed by atoms with Gasteiger partial charge >= 0.3 is 0 Å². The molecule has 0 unspecified atom stereocenters. The molecule has 0 saturated heterocycles. The van der Waals surface area contributed by atoms with Gasteiger partial charge in [0.2, 0.25) is 0 Å². The lowest BCUT2D eigenvalue weighted by atomic mass is 10.0. The van der Waals surface area contributed by atoms with Crippen molar-refractivity contribution < 1.29 is 19.1 Å². The second kappa shape index (κ2) is 8.17. The summed E-state index contributed by atoms with van der Waals surface area (Å²) >= 11 is 6.07. The molecule has 2 aromatic rings. The standard InChI is InChI=1S/C22H21ClN2O4/c1-2-9-24-21(26)20-12-25(17-5-3-4-6-19(17)29-20)22(27)15-10-14-11-16(23)7-8-18(14)28-13-15/h3-8,10-11,20H,2,9,12-13H2,1H3,(H,24,26)/t20-/m0/s1. The molecule has 1 atom stereocenters. The number of hydrogen-bond acceptors (Lipinski definition) is 4. The molecule has 150 valence electrons. The van der Waals surface area contributed by atoms with Gasteiger partial charge in [0.25, 0.3) is 11.8 Å². The van der Waals surface area contributed by atoms with Crippen molar-refractivity contribution in [3.05, 3.63) is 58.6 Å². The molecule has 0 bridgehead atoms. The van der Waals surface area contributed by atoms with Gasteiger partial charge in [0.05, 0.1) is 17.8 Å². The van der Waals surface area contributed by atoms with E-state index in [4.69, 9.17) is 21.1 Å². The van der Waals surface area contributed by atoms with Crippen molar-refractivity contribution in [3.8, 4) is 11.5 Å². The number of nitrogens with one attached hydrogen (secondary N) is 1. The molecule has 1 N–H and O–H groups in total. The SMILES string of the molecule is CCCNC(=O)[C@@H]1CN(C(=O)C2=Cc3cc(Cl)ccc3OC2)c2ccccc2O1. The Hall–Kier alpha value is -2.99. The summed E-state index contributed by atoms with van der Waals surface area (Å²) in [5.41, 5.74) is 1.88. The highest BCUT2D eigenvalue weighted by molar-refractivity contribution is 6.30. The van der Waals surface area contributed by atoms with Crippen molar-refractivity contribution in [1.29, 1.82) is 0 Å². The fourth-order valence-electron chi connectivity index (χ4n) is 3.37. The smallest absolute Gasteiger partial charge is 0.262 e. The van der Waals surface area contributed by atoms with Crippen LogP contribution in [0.3, 0.4) is 0 Å². The number of nitrogens with zero attached hydrogens (tertiary/aromatic N) is 1. The van der Waals surface area contributed by atoms with Gasteiger partial charge in [0, 0.05) is 17.1 Å². The molecule has 29 heavy (non-hydrogen) atoms. The first-order valence-electron chi connectivity index (χ1n) is 9.55. The Bertz CT molecular complexity index is 989. The monoisotopic (exact) mass is 412 g/mol. The third-order valence-corrected chi connectivity index (χ3v) is 5.06. The van der Waals surface area contributed by atoms with E-state index < -0.39 is 6.10 Å². The van der Waals surface area contributed by atoms with Gasteiger partial charge in [0.1, 0.15) is 18.1 Å². The Balaban J connectivity index is 1.64. The zero-order valence-electron chi connectivity index (χ0n) is 16.0. The van der Waals surface area contributed by atoms with Crippen LogP contribution in [0, 0.1) is 0 Å². The predicted molar refractivity (Wildman–Crippen MR) is 111 cm³/mol. The summed E-state index contributed by atoms with van der Waals surface area (Å²) in [6.07, 6.45) is 1.84. The van der Waals surface area contributed by atoms with Gasteiger partial charge in [-0.2, -0.15) is 0 Å². The predicted octanol–water partition coefficient (Wildman–Crippen LogP) is 3.44. The topological polar surface area (TPSA) is 67.9 Å². The number of amides is 2. The van der Waals surface area contributed by atoms with E-state index in [-0.39, 0.29) is 25.0 Å². The van der Waals surface area contributed by atoms with Crippen LogP contribution in [-0.4, -0.2) is 37.6 Å². The maximum atomic E-state index is 13.4. The van der Waals surface area contributed by atoms with E-state index in [9.17, 15) is 9.59 Å². The Kier molecular flexibility index (Phi) is 5.45. The van der Waals surface area contributed by atoms with Gasteiger partial charge in [-0.15, -0.1) is 0 Å². The average molecular weight is 413 g/mol. The molecule has 7 heteroatoms. The van der Waals surface area contributed by atoms with Crippen molar-refractivity contribution in [2.75, 3.05) is 24.6 Å². The number of halogens is 1. The Morgan fingerprint density at radius 1 is 1.21 bits per heavy atom. The highest BCUT2D eigenvalue weighted by atomic mass is 35.5. The second-order valence-electron chi connectivity index (χ2n) is 6.92. The molecule has 0 fully saturated rings. The van der Waals surface area contributed by atoms with Crippen LogP contribution in [0.25, 0.3) is 6.08 Å². The molecule has 0 radical (unpaired) electrons. The molecule has 2 aliphatic rings. The van der Waals surface area contributed by atoms with Gasteiger partial charge < -0.3 is 19.7 Å². The fourth-order valence-corrected chi connectivity index (χ4v) is 3.55. The number of hydrogen-bond donors (Lipinski definition) is 1. The first-order valence-corrected chi connectivity index (χ1v) is 9.93. The second-order valence-corrected chi connectivity index (χ2v) is 7.36. The van der Waals surface area contributed by atoms with Crippen molar-refractivity contribution in [2.45, 2.75) is 19.4 Å². The number of anilines is 1. The summed E-state index contributed by atoms with van der Waals surface area (Å²) in [7, 11) is 0. The van der Waals surface area contributed by atoms with Gasteiger partial charge in [-0.05, 0) is 42.8 Å². The molecule has 2 aromatic carbocycles. The summed E-state index contributed by atoms with van der Waals surface area (Å²) in [5, 5.41) is 3.41. The molecule has 4 rings (SSSR count). The summed E-state index contributed by atoms with van der Waals surface area (Å²) in [6, 6.07) is 12.5. The van der Waals surface area contributed by atoms with Crippen LogP contribution in [0.4, 0.5) is 5.69 Å². The highest BCUT2D eigenvalue weighted by Gasteiger charge is 2.35. The Morgan fingerprint density at radius 2 is 2.03 bits per heavy atom. The number of carbonyl (C=O) groups is 2. The van der Waals surface area contributed by atoms with Crippen LogP contribution in [0.1, 0.15) is 18.9 Å². The van der Waals surface area contributed by atoms with Gasteiger partial charge in [-0.1, -0.05) is 30.7 Å². The minimum atomic E-state index is -0.771. The van der Waals surface area contributed by atoms with Gasteiger partial charge in [0.15, 0.2) is 6.10 Å². The van der Waals surface area contributed by atoms with E-state index >= 15 is 0 Å². The van der Waals surface area contributed by atoms with Crippen molar-refractivity contribution in [3.63, 3.8) is 0 Å². The lowest BCUT2D eigenvalue weighted by Gasteiger charge is -2.35. The van der Waals surface area contributed by atoms with Crippen molar-refractivity contribution >= 4 is 35.2 Å². The zero-order valence-corrected chi connectivity index (χ0v) is 16.7. The van der Waals surface area contributed by atoms with E-state index in [1.165, 1.54) is 0 Å². The Morgan fingerprint density at radius 3 is 2.86 bits per heavy atom. The number of fused-ring (bicyclic) bond motifs is 2. The molecule has 6 nitrogen and oxygen atoms in total. The van der Waals surface area contributed by atoms with Crippen LogP contribution >= 0.6 is 11.6 Å². The van der Waals surface area contributed by atoms with Gasteiger partial charge in [-0.3, -0.25) is 9.59 Å². The van der Waals surface area contributed by atoms with Crippen LogP contribution in [0.2, 0.25) is 5.02 Å². The Labute approximate surface area is 174 Å². The number of rotatable bonds is 4. The quantitative estimate of drug-likeness (QED) is 0.835. The van der Waals surface area contributed by atoms with Crippen LogP contribution in [0.5, 0.6) is 11.5 Å². The maximum absolute atomic E-state index is 13.4. The van der Waals surface area contributed by atoms with Crippen LogP contribution in [0.15, 0.2) is 48.0 Å². The molecule has 0 spiro atoms. The lowest BCUT2D eigenvalue weighted by Crippen LogP contribution is -2.51. The first-order chi connectivity index (χ1) is 14.1. The molecule has 2 aliphatic heterocycles. The average Bonchev–Trinajstić information content (AvgIpc) is 2.75. The summed E-state index contributed by atoms with van der Waals surface area (Å²) in [6.45, 7) is 2.82. The summed E-state index contributed by atoms with van der Waals surface area (Å²) < 4.78 is 11.6. The van der Waals surface area contributed by atoms with E-state index in [0.29, 0.717) is 34.3 Å². The number of benzene rings is 2. The van der Waals surface area contributed by atoms with E-state index in [1.54, 1.807) is 35.2 Å².